The lowest BCUT2D eigenvalue weighted by Crippen LogP contribution is -2.40. The predicted molar refractivity (Wildman–Crippen MR) is 84.6 cm³/mol. The van der Waals surface area contributed by atoms with Gasteiger partial charge in [-0.25, -0.2) is 14.6 Å². The van der Waals surface area contributed by atoms with E-state index < -0.39 is 11.6 Å². The van der Waals surface area contributed by atoms with Crippen molar-refractivity contribution in [2.24, 2.45) is 0 Å². The first-order valence-electron chi connectivity index (χ1n) is 7.46. The monoisotopic (exact) mass is 343 g/mol. The van der Waals surface area contributed by atoms with Crippen molar-refractivity contribution in [2.75, 3.05) is 13.7 Å². The number of amides is 1. The van der Waals surface area contributed by atoms with Crippen LogP contribution in [0, 0.1) is 0 Å². The van der Waals surface area contributed by atoms with Crippen LogP contribution in [0.2, 0.25) is 5.15 Å². The Balaban J connectivity index is 2.21. The van der Waals surface area contributed by atoms with Gasteiger partial charge in [0.2, 0.25) is 0 Å². The molecule has 0 bridgehead atoms. The van der Waals surface area contributed by atoms with Crippen LogP contribution in [0.4, 0.5) is 4.79 Å². The molecule has 1 aliphatic heterocycles. The highest BCUT2D eigenvalue weighted by Gasteiger charge is 2.39. The molecule has 8 heteroatoms. The molecule has 2 rings (SSSR count). The summed E-state index contributed by atoms with van der Waals surface area (Å²) in [6, 6.07) is -0.268. The van der Waals surface area contributed by atoms with Gasteiger partial charge >= 0.3 is 12.1 Å². The molecule has 7 nitrogen and oxygen atoms in total. The van der Waals surface area contributed by atoms with Gasteiger partial charge in [0.05, 0.1) is 25.5 Å². The fourth-order valence-electron chi connectivity index (χ4n) is 2.75. The number of hydrogen-bond donors (Lipinski definition) is 0. The van der Waals surface area contributed by atoms with E-state index in [1.54, 1.807) is 9.47 Å². The number of halogens is 1. The molecule has 0 aromatic carbocycles. The number of methoxy groups -OCH3 is 1. The zero-order valence-corrected chi connectivity index (χ0v) is 14.8. The molecular formula is C15H22ClN3O4. The van der Waals surface area contributed by atoms with Crippen LogP contribution in [-0.2, 0) is 9.47 Å². The predicted octanol–water partition coefficient (Wildman–Crippen LogP) is 2.89. The molecule has 1 aromatic heterocycles. The van der Waals surface area contributed by atoms with Crippen LogP contribution in [0.25, 0.3) is 0 Å². The third-order valence-electron chi connectivity index (χ3n) is 3.83. The van der Waals surface area contributed by atoms with E-state index in [2.05, 4.69) is 4.98 Å². The topological polar surface area (TPSA) is 73.7 Å². The number of esters is 1. The van der Waals surface area contributed by atoms with Crippen LogP contribution in [0.5, 0.6) is 0 Å². The maximum atomic E-state index is 12.3. The molecular weight excluding hydrogens is 322 g/mol. The SMILES string of the molecule is COC(=O)c1c(Cl)ncn1[C@@H]1CCN(C(=O)OC(C)(C)C)[C@H]1C. The zero-order chi connectivity index (χ0) is 17.4. The van der Waals surface area contributed by atoms with Crippen molar-refractivity contribution < 1.29 is 19.1 Å². The summed E-state index contributed by atoms with van der Waals surface area (Å²) in [7, 11) is 1.29. The zero-order valence-electron chi connectivity index (χ0n) is 14.0. The summed E-state index contributed by atoms with van der Waals surface area (Å²) in [6.45, 7) is 7.93. The van der Waals surface area contributed by atoms with E-state index in [0.29, 0.717) is 13.0 Å². The molecule has 23 heavy (non-hydrogen) atoms. The van der Waals surface area contributed by atoms with Crippen molar-refractivity contribution in [3.63, 3.8) is 0 Å². The van der Waals surface area contributed by atoms with Gasteiger partial charge in [0.1, 0.15) is 5.60 Å². The Morgan fingerprint density at radius 2 is 2.04 bits per heavy atom. The van der Waals surface area contributed by atoms with E-state index in [-0.39, 0.29) is 29.0 Å². The van der Waals surface area contributed by atoms with Crippen molar-refractivity contribution in [2.45, 2.75) is 51.8 Å². The normalized spacial score (nSPS) is 21.4. The van der Waals surface area contributed by atoms with Crippen LogP contribution < -0.4 is 0 Å². The Labute approximate surface area is 140 Å². The lowest BCUT2D eigenvalue weighted by molar-refractivity contribution is 0.0224. The quantitative estimate of drug-likeness (QED) is 0.772. The number of rotatable bonds is 2. The lowest BCUT2D eigenvalue weighted by Gasteiger charge is -2.29. The minimum atomic E-state index is -0.551. The molecule has 1 aliphatic rings. The van der Waals surface area contributed by atoms with Crippen molar-refractivity contribution in [1.29, 1.82) is 0 Å². The maximum Gasteiger partial charge on any atom is 0.410 e. The minimum Gasteiger partial charge on any atom is -0.464 e. The lowest BCUT2D eigenvalue weighted by atomic mass is 10.1. The molecule has 0 aliphatic carbocycles. The summed E-state index contributed by atoms with van der Waals surface area (Å²) in [6.07, 6.45) is 1.82. The molecule has 1 amide bonds. The second-order valence-electron chi connectivity index (χ2n) is 6.55. The summed E-state index contributed by atoms with van der Waals surface area (Å²) in [5, 5.41) is 0.0970. The van der Waals surface area contributed by atoms with Crippen LogP contribution in [-0.4, -0.2) is 51.8 Å². The minimum absolute atomic E-state index is 0.0970. The smallest absolute Gasteiger partial charge is 0.410 e. The van der Waals surface area contributed by atoms with Crippen molar-refractivity contribution in [1.82, 2.24) is 14.5 Å². The van der Waals surface area contributed by atoms with Gasteiger partial charge in [-0.2, -0.15) is 0 Å². The molecule has 2 atom stereocenters. The van der Waals surface area contributed by atoms with Crippen molar-refractivity contribution in [3.05, 3.63) is 17.2 Å². The number of hydrogen-bond acceptors (Lipinski definition) is 5. The van der Waals surface area contributed by atoms with Crippen LogP contribution >= 0.6 is 11.6 Å². The van der Waals surface area contributed by atoms with Gasteiger partial charge in [0, 0.05) is 6.54 Å². The molecule has 0 saturated carbocycles. The van der Waals surface area contributed by atoms with E-state index in [9.17, 15) is 9.59 Å². The van der Waals surface area contributed by atoms with Gasteiger partial charge in [0.25, 0.3) is 0 Å². The first-order valence-corrected chi connectivity index (χ1v) is 7.83. The van der Waals surface area contributed by atoms with Crippen molar-refractivity contribution in [3.8, 4) is 0 Å². The summed E-state index contributed by atoms with van der Waals surface area (Å²) < 4.78 is 11.9. The summed E-state index contributed by atoms with van der Waals surface area (Å²) in [5.41, 5.74) is -0.346. The number of carbonyl (C=O) groups is 2. The van der Waals surface area contributed by atoms with Gasteiger partial charge in [-0.3, -0.25) is 0 Å². The van der Waals surface area contributed by atoms with Gasteiger partial charge < -0.3 is 18.9 Å². The molecule has 0 N–H and O–H groups in total. The number of aromatic nitrogens is 2. The molecule has 0 radical (unpaired) electrons. The number of likely N-dealkylation sites (tertiary alicyclic amines) is 1. The summed E-state index contributed by atoms with van der Waals surface area (Å²) in [4.78, 5) is 29.8. The third kappa shape index (κ3) is 3.60. The standard InChI is InChI=1S/C15H22ClN3O4/c1-9-10(6-7-18(9)14(21)23-15(2,3)4)19-8-17-12(16)11(19)13(20)22-5/h8-10H,6-7H2,1-5H3/t9-,10+/m0/s1. The summed E-state index contributed by atoms with van der Waals surface area (Å²) in [5.74, 6) is -0.546. The number of nitrogens with zero attached hydrogens (tertiary/aromatic N) is 3. The third-order valence-corrected chi connectivity index (χ3v) is 4.10. The van der Waals surface area contributed by atoms with E-state index in [1.165, 1.54) is 13.4 Å². The van der Waals surface area contributed by atoms with E-state index >= 15 is 0 Å². The molecule has 0 unspecified atom stereocenters. The Bertz CT molecular complexity index is 608. The molecule has 0 spiro atoms. The Hall–Kier alpha value is -1.76. The number of ether oxygens (including phenoxy) is 2. The van der Waals surface area contributed by atoms with Gasteiger partial charge in [-0.05, 0) is 34.1 Å². The van der Waals surface area contributed by atoms with Gasteiger partial charge in [0.15, 0.2) is 10.8 Å². The molecule has 2 heterocycles. The molecule has 1 saturated heterocycles. The van der Waals surface area contributed by atoms with E-state index in [1.807, 2.05) is 27.7 Å². The average Bonchev–Trinajstić information content (AvgIpc) is 2.99. The van der Waals surface area contributed by atoms with Crippen molar-refractivity contribution >= 4 is 23.7 Å². The van der Waals surface area contributed by atoms with E-state index in [0.717, 1.165) is 0 Å². The first-order chi connectivity index (χ1) is 10.7. The fourth-order valence-corrected chi connectivity index (χ4v) is 2.97. The van der Waals surface area contributed by atoms with Crippen LogP contribution in [0.1, 0.15) is 50.6 Å². The Morgan fingerprint density at radius 1 is 1.39 bits per heavy atom. The largest absolute Gasteiger partial charge is 0.464 e. The van der Waals surface area contributed by atoms with E-state index in [4.69, 9.17) is 21.1 Å². The van der Waals surface area contributed by atoms with Crippen LogP contribution in [0.3, 0.4) is 0 Å². The number of imidazole rings is 1. The fraction of sp³-hybridized carbons (Fsp3) is 0.667. The second kappa shape index (κ2) is 6.39. The molecule has 1 fully saturated rings. The van der Waals surface area contributed by atoms with Crippen LogP contribution in [0.15, 0.2) is 6.33 Å². The second-order valence-corrected chi connectivity index (χ2v) is 6.91. The highest BCUT2D eigenvalue weighted by molar-refractivity contribution is 6.32. The molecule has 1 aromatic rings. The average molecular weight is 344 g/mol. The first kappa shape index (κ1) is 17.6. The van der Waals surface area contributed by atoms with Gasteiger partial charge in [-0.15, -0.1) is 0 Å². The molecule has 128 valence electrons. The highest BCUT2D eigenvalue weighted by atomic mass is 35.5. The Kier molecular flexibility index (Phi) is 4.89. The Morgan fingerprint density at radius 3 is 2.61 bits per heavy atom. The number of carbonyl (C=O) groups excluding carboxylic acids is 2. The van der Waals surface area contributed by atoms with Gasteiger partial charge in [-0.1, -0.05) is 11.6 Å². The maximum absolute atomic E-state index is 12.3. The summed E-state index contributed by atoms with van der Waals surface area (Å²) >= 11 is 5.99. The highest BCUT2D eigenvalue weighted by Crippen LogP contribution is 2.32.